The van der Waals surface area contributed by atoms with Crippen LogP contribution < -0.4 is 4.74 Å². The maximum Gasteiger partial charge on any atom is 0.199 e. The second kappa shape index (κ2) is 14.0. The first-order valence-corrected chi connectivity index (χ1v) is 13.1. The molecule has 186 valence electrons. The van der Waals surface area contributed by atoms with E-state index < -0.39 is 0 Å². The minimum atomic E-state index is -0.124. The van der Waals surface area contributed by atoms with Crippen LogP contribution in [-0.4, -0.2) is 29.0 Å². The number of rotatable bonds is 13. The van der Waals surface area contributed by atoms with Crippen LogP contribution >= 0.6 is 0 Å². The number of benzene rings is 2. The van der Waals surface area contributed by atoms with Crippen LogP contribution in [0.3, 0.4) is 0 Å². The Bertz CT molecular complexity index is 971. The summed E-state index contributed by atoms with van der Waals surface area (Å²) in [5.41, 5.74) is 3.43. The Morgan fingerprint density at radius 3 is 2.40 bits per heavy atom. The van der Waals surface area contributed by atoms with Gasteiger partial charge in [0.05, 0.1) is 19.3 Å². The van der Waals surface area contributed by atoms with E-state index in [1.165, 1.54) is 30.4 Å². The molecule has 1 saturated heterocycles. The normalized spacial score (nSPS) is 16.7. The molecule has 0 radical (unpaired) electrons. The maximum atomic E-state index is 5.96. The van der Waals surface area contributed by atoms with Crippen molar-refractivity contribution in [1.29, 1.82) is 0 Å². The van der Waals surface area contributed by atoms with Gasteiger partial charge in [0.2, 0.25) is 0 Å². The van der Waals surface area contributed by atoms with Crippen LogP contribution in [0.1, 0.15) is 69.4 Å². The van der Waals surface area contributed by atoms with Crippen LogP contribution in [0, 0.1) is 0 Å². The SMILES string of the molecule is CC(CCCCCCc1cnc(-c2ccc(OC3CCCCO3)cc2)nc1)OCc1ccccc1. The Morgan fingerprint density at radius 2 is 1.66 bits per heavy atom. The van der Waals surface area contributed by atoms with Crippen molar-refractivity contribution in [2.24, 2.45) is 0 Å². The first-order valence-electron chi connectivity index (χ1n) is 13.1. The molecule has 2 aromatic carbocycles. The number of aromatic nitrogens is 2. The summed E-state index contributed by atoms with van der Waals surface area (Å²) in [7, 11) is 0. The van der Waals surface area contributed by atoms with Gasteiger partial charge in [-0.15, -0.1) is 0 Å². The molecule has 1 fully saturated rings. The van der Waals surface area contributed by atoms with E-state index in [9.17, 15) is 0 Å². The number of nitrogens with zero attached hydrogens (tertiary/aromatic N) is 2. The maximum absolute atomic E-state index is 5.96. The van der Waals surface area contributed by atoms with Gasteiger partial charge in [0.15, 0.2) is 12.1 Å². The molecule has 1 aliphatic rings. The lowest BCUT2D eigenvalue weighted by Gasteiger charge is -2.23. The summed E-state index contributed by atoms with van der Waals surface area (Å²) < 4.78 is 17.5. The molecule has 2 heterocycles. The Morgan fingerprint density at radius 1 is 0.886 bits per heavy atom. The summed E-state index contributed by atoms with van der Waals surface area (Å²) in [5, 5.41) is 0. The van der Waals surface area contributed by atoms with Gasteiger partial charge in [0.25, 0.3) is 0 Å². The minimum absolute atomic E-state index is 0.124. The van der Waals surface area contributed by atoms with Crippen molar-refractivity contribution in [2.45, 2.75) is 83.7 Å². The molecule has 0 amide bonds. The molecular weight excluding hydrogens is 436 g/mol. The van der Waals surface area contributed by atoms with Crippen LogP contribution in [-0.2, 0) is 22.5 Å². The standard InChI is InChI=1S/C30H38N2O3/c1-24(34-23-25-12-7-4-8-13-25)11-5-2-3-6-14-26-21-31-30(32-22-26)27-16-18-28(19-17-27)35-29-15-9-10-20-33-29/h4,7-8,12-13,16-19,21-22,24,29H,2-3,5-6,9-11,14-15,20,23H2,1H3. The van der Waals surface area contributed by atoms with Gasteiger partial charge in [-0.25, -0.2) is 9.97 Å². The quantitative estimate of drug-likeness (QED) is 0.246. The van der Waals surface area contributed by atoms with E-state index in [-0.39, 0.29) is 6.29 Å². The second-order valence-electron chi connectivity index (χ2n) is 9.41. The van der Waals surface area contributed by atoms with Crippen LogP contribution in [0.5, 0.6) is 5.75 Å². The van der Waals surface area contributed by atoms with Gasteiger partial charge in [0, 0.05) is 24.4 Å². The van der Waals surface area contributed by atoms with Crippen molar-refractivity contribution in [3.8, 4) is 17.1 Å². The third-order valence-corrected chi connectivity index (χ3v) is 6.43. The Labute approximate surface area is 209 Å². The number of hydrogen-bond donors (Lipinski definition) is 0. The lowest BCUT2D eigenvalue weighted by molar-refractivity contribution is -0.105. The predicted octanol–water partition coefficient (Wildman–Crippen LogP) is 7.15. The number of aryl methyl sites for hydroxylation is 1. The summed E-state index contributed by atoms with van der Waals surface area (Å²) in [4.78, 5) is 9.17. The molecule has 0 spiro atoms. The lowest BCUT2D eigenvalue weighted by Crippen LogP contribution is -2.24. The monoisotopic (exact) mass is 474 g/mol. The van der Waals surface area contributed by atoms with Crippen LogP contribution in [0.2, 0.25) is 0 Å². The fraction of sp³-hybridized carbons (Fsp3) is 0.467. The highest BCUT2D eigenvalue weighted by Gasteiger charge is 2.15. The first-order chi connectivity index (χ1) is 17.3. The van der Waals surface area contributed by atoms with Crippen molar-refractivity contribution in [3.05, 3.63) is 78.1 Å². The fourth-order valence-electron chi connectivity index (χ4n) is 4.28. The van der Waals surface area contributed by atoms with E-state index in [1.54, 1.807) is 0 Å². The van der Waals surface area contributed by atoms with Crippen molar-refractivity contribution in [1.82, 2.24) is 9.97 Å². The molecule has 35 heavy (non-hydrogen) atoms. The van der Waals surface area contributed by atoms with Gasteiger partial charge in [0.1, 0.15) is 5.75 Å². The second-order valence-corrected chi connectivity index (χ2v) is 9.41. The van der Waals surface area contributed by atoms with Crippen LogP contribution in [0.4, 0.5) is 0 Å². The Hall–Kier alpha value is -2.76. The zero-order valence-electron chi connectivity index (χ0n) is 20.9. The van der Waals surface area contributed by atoms with E-state index in [0.29, 0.717) is 12.7 Å². The van der Waals surface area contributed by atoms with E-state index in [1.807, 2.05) is 42.7 Å². The van der Waals surface area contributed by atoms with Gasteiger partial charge in [-0.2, -0.15) is 0 Å². The summed E-state index contributed by atoms with van der Waals surface area (Å²) in [5.74, 6) is 1.58. The molecule has 2 unspecified atom stereocenters. The van der Waals surface area contributed by atoms with E-state index in [2.05, 4.69) is 41.2 Å². The highest BCUT2D eigenvalue weighted by Crippen LogP contribution is 2.23. The average Bonchev–Trinajstić information content (AvgIpc) is 2.91. The molecule has 0 aliphatic carbocycles. The third kappa shape index (κ3) is 8.75. The Balaban J connectivity index is 1.10. The molecular formula is C30H38N2O3. The molecule has 4 rings (SSSR count). The van der Waals surface area contributed by atoms with Crippen LogP contribution in [0.15, 0.2) is 67.0 Å². The third-order valence-electron chi connectivity index (χ3n) is 6.43. The fourth-order valence-corrected chi connectivity index (χ4v) is 4.28. The predicted molar refractivity (Wildman–Crippen MR) is 139 cm³/mol. The van der Waals surface area contributed by atoms with E-state index >= 15 is 0 Å². The Kier molecular flexibility index (Phi) is 10.1. The molecule has 5 heteroatoms. The molecule has 1 aromatic heterocycles. The molecule has 0 bridgehead atoms. The minimum Gasteiger partial charge on any atom is -0.465 e. The van der Waals surface area contributed by atoms with Crippen LogP contribution in [0.25, 0.3) is 11.4 Å². The average molecular weight is 475 g/mol. The largest absolute Gasteiger partial charge is 0.465 e. The smallest absolute Gasteiger partial charge is 0.199 e. The van der Waals surface area contributed by atoms with Gasteiger partial charge in [-0.1, -0.05) is 49.6 Å². The molecule has 0 N–H and O–H groups in total. The van der Waals surface area contributed by atoms with Crippen molar-refractivity contribution in [3.63, 3.8) is 0 Å². The number of hydrogen-bond acceptors (Lipinski definition) is 5. The number of unbranched alkanes of at least 4 members (excludes halogenated alkanes) is 3. The number of ether oxygens (including phenoxy) is 3. The van der Waals surface area contributed by atoms with Crippen molar-refractivity contribution >= 4 is 0 Å². The molecule has 5 nitrogen and oxygen atoms in total. The summed E-state index contributed by atoms with van der Waals surface area (Å²) in [6, 6.07) is 18.3. The molecule has 1 aliphatic heterocycles. The van der Waals surface area contributed by atoms with E-state index in [0.717, 1.165) is 62.3 Å². The summed E-state index contributed by atoms with van der Waals surface area (Å²) in [6.07, 6.45) is 14.3. The highest BCUT2D eigenvalue weighted by molar-refractivity contribution is 5.55. The van der Waals surface area contributed by atoms with Gasteiger partial charge in [-0.05, 0) is 74.4 Å². The van der Waals surface area contributed by atoms with Crippen molar-refractivity contribution < 1.29 is 14.2 Å². The zero-order chi connectivity index (χ0) is 24.1. The van der Waals surface area contributed by atoms with Gasteiger partial charge < -0.3 is 14.2 Å². The highest BCUT2D eigenvalue weighted by atomic mass is 16.7. The molecule has 0 saturated carbocycles. The first kappa shape index (κ1) is 25.3. The zero-order valence-corrected chi connectivity index (χ0v) is 20.9. The van der Waals surface area contributed by atoms with Gasteiger partial charge >= 0.3 is 0 Å². The summed E-state index contributed by atoms with van der Waals surface area (Å²) >= 11 is 0. The van der Waals surface area contributed by atoms with Gasteiger partial charge in [-0.3, -0.25) is 0 Å². The molecule has 3 aromatic rings. The topological polar surface area (TPSA) is 53.5 Å². The van der Waals surface area contributed by atoms with E-state index in [4.69, 9.17) is 14.2 Å². The molecule has 2 atom stereocenters. The summed E-state index contributed by atoms with van der Waals surface area (Å²) in [6.45, 7) is 3.66. The van der Waals surface area contributed by atoms with Crippen molar-refractivity contribution in [2.75, 3.05) is 6.61 Å². The lowest BCUT2D eigenvalue weighted by atomic mass is 10.1.